The Labute approximate surface area is 101 Å². The Kier molecular flexibility index (Phi) is 3.95. The van der Waals surface area contributed by atoms with E-state index in [1.165, 1.54) is 19.6 Å². The van der Waals surface area contributed by atoms with E-state index in [0.29, 0.717) is 6.08 Å². The number of rotatable bonds is 2. The van der Waals surface area contributed by atoms with Crippen LogP contribution in [0.15, 0.2) is 5.45 Å². The van der Waals surface area contributed by atoms with Crippen LogP contribution in [0, 0.1) is 29.1 Å². The molecule has 0 aliphatic heterocycles. The summed E-state index contributed by atoms with van der Waals surface area (Å²) in [5.41, 5.74) is -2.10. The molecular formula is C11H10F6Si. The molecule has 18 heavy (non-hydrogen) atoms. The molecule has 0 spiro atoms. The highest BCUT2D eigenvalue weighted by molar-refractivity contribution is 6.83. The molecular weight excluding hydrogens is 274 g/mol. The van der Waals surface area contributed by atoms with Gasteiger partial charge in [-0.15, -0.1) is 0 Å². The Balaban J connectivity index is 3.53. The van der Waals surface area contributed by atoms with Crippen LogP contribution >= 0.6 is 0 Å². The number of halogens is 6. The van der Waals surface area contributed by atoms with Crippen molar-refractivity contribution in [2.24, 2.45) is 0 Å². The minimum atomic E-state index is -2.52. The van der Waals surface area contributed by atoms with E-state index in [-0.39, 0.29) is 0 Å². The van der Waals surface area contributed by atoms with Gasteiger partial charge in [-0.1, -0.05) is 19.6 Å². The van der Waals surface area contributed by atoms with Crippen molar-refractivity contribution in [1.29, 1.82) is 0 Å². The molecule has 0 heterocycles. The van der Waals surface area contributed by atoms with Crippen LogP contribution in [-0.4, -0.2) is 8.07 Å². The Bertz CT molecular complexity index is 486. The molecule has 7 heteroatoms. The van der Waals surface area contributed by atoms with Gasteiger partial charge < -0.3 is 0 Å². The minimum Gasteiger partial charge on any atom is -0.217 e. The van der Waals surface area contributed by atoms with Crippen LogP contribution in [0.3, 0.4) is 0 Å². The average Bonchev–Trinajstić information content (AvgIpc) is 2.28. The maximum absolute atomic E-state index is 13.6. The lowest BCUT2D eigenvalue weighted by molar-refractivity contribution is 0.376. The lowest BCUT2D eigenvalue weighted by Crippen LogP contribution is -2.21. The fourth-order valence-electron chi connectivity index (χ4n) is 1.09. The molecule has 0 unspecified atom stereocenters. The van der Waals surface area contributed by atoms with E-state index >= 15 is 0 Å². The van der Waals surface area contributed by atoms with E-state index in [1.54, 1.807) is 0 Å². The number of hydrogen-bond acceptors (Lipinski definition) is 0. The lowest BCUT2D eigenvalue weighted by Gasteiger charge is -2.13. The summed E-state index contributed by atoms with van der Waals surface area (Å²) in [6, 6.07) is 0. The summed E-state index contributed by atoms with van der Waals surface area (Å²) in [6.07, 6.45) is 0.377. The van der Waals surface area contributed by atoms with E-state index in [4.69, 9.17) is 0 Å². The van der Waals surface area contributed by atoms with Gasteiger partial charge in [-0.05, 0) is 6.08 Å². The van der Waals surface area contributed by atoms with Gasteiger partial charge in [0, 0.05) is 0 Å². The Morgan fingerprint density at radius 2 is 1.11 bits per heavy atom. The predicted octanol–water partition coefficient (Wildman–Crippen LogP) is 4.57. The molecule has 0 aliphatic carbocycles. The second-order valence-electron chi connectivity index (χ2n) is 4.73. The fraction of sp³-hybridized carbons (Fsp3) is 0.273. The smallest absolute Gasteiger partial charge is 0.200 e. The lowest BCUT2D eigenvalue weighted by atomic mass is 10.1. The van der Waals surface area contributed by atoms with Gasteiger partial charge in [0.25, 0.3) is 0 Å². The van der Waals surface area contributed by atoms with E-state index in [2.05, 4.69) is 0 Å². The van der Waals surface area contributed by atoms with E-state index in [0.717, 1.165) is 0 Å². The highest BCUT2D eigenvalue weighted by atomic mass is 28.3. The molecule has 0 N–H and O–H groups in total. The molecule has 0 aliphatic rings. The third-order valence-electron chi connectivity index (χ3n) is 2.23. The first-order valence-electron chi connectivity index (χ1n) is 4.96. The summed E-state index contributed by atoms with van der Waals surface area (Å²) in [6.45, 7) is 4.60. The molecule has 1 aromatic carbocycles. The molecule has 0 amide bonds. The summed E-state index contributed by atoms with van der Waals surface area (Å²) in [5.74, 6) is -10.5. The second kappa shape index (κ2) is 4.79. The first-order chi connectivity index (χ1) is 8.07. The van der Waals surface area contributed by atoms with Crippen LogP contribution in [0.2, 0.25) is 19.6 Å². The zero-order chi connectivity index (χ0) is 14.2. The third kappa shape index (κ3) is 2.60. The normalized spacial score (nSPS) is 13.1. The summed E-state index contributed by atoms with van der Waals surface area (Å²) in [7, 11) is -2.52. The van der Waals surface area contributed by atoms with Crippen molar-refractivity contribution in [1.82, 2.24) is 0 Å². The van der Waals surface area contributed by atoms with Crippen LogP contribution in [0.25, 0.3) is 6.08 Å². The topological polar surface area (TPSA) is 0 Å². The Morgan fingerprint density at radius 3 is 1.44 bits per heavy atom. The fourth-order valence-corrected chi connectivity index (χ4v) is 1.67. The van der Waals surface area contributed by atoms with Crippen molar-refractivity contribution < 1.29 is 26.3 Å². The zero-order valence-corrected chi connectivity index (χ0v) is 10.8. The molecule has 1 aromatic rings. The van der Waals surface area contributed by atoms with Gasteiger partial charge in [-0.3, -0.25) is 0 Å². The quantitative estimate of drug-likeness (QED) is 0.323. The minimum absolute atomic E-state index is 0.377. The van der Waals surface area contributed by atoms with Crippen LogP contribution < -0.4 is 0 Å². The summed E-state index contributed by atoms with van der Waals surface area (Å²) < 4.78 is 78.5. The van der Waals surface area contributed by atoms with Crippen LogP contribution in [0.1, 0.15) is 5.56 Å². The van der Waals surface area contributed by atoms with Gasteiger partial charge in [0.05, 0.1) is 11.0 Å². The first-order valence-corrected chi connectivity index (χ1v) is 8.46. The van der Waals surface area contributed by atoms with Crippen molar-refractivity contribution >= 4 is 14.1 Å². The zero-order valence-electron chi connectivity index (χ0n) is 9.85. The van der Waals surface area contributed by atoms with Crippen LogP contribution in [-0.2, 0) is 0 Å². The standard InChI is InChI=1S/C11H10F6Si/c1-18(2,3)6(12)4-5-7(13)9(15)11(17)10(16)8(5)14/h4H,1-3H3/b6-4+. The van der Waals surface area contributed by atoms with Crippen molar-refractivity contribution in [2.75, 3.05) is 0 Å². The molecule has 1 rings (SSSR count). The average molecular weight is 284 g/mol. The molecule has 0 bridgehead atoms. The molecule has 0 radical (unpaired) electrons. The third-order valence-corrected chi connectivity index (χ3v) is 3.81. The largest absolute Gasteiger partial charge is 0.217 e. The Hall–Kier alpha value is -1.24. The summed E-state index contributed by atoms with van der Waals surface area (Å²) >= 11 is 0. The number of benzene rings is 1. The Morgan fingerprint density at radius 1 is 0.778 bits per heavy atom. The molecule has 0 atom stereocenters. The van der Waals surface area contributed by atoms with Gasteiger partial charge >= 0.3 is 0 Å². The van der Waals surface area contributed by atoms with E-state index in [1.807, 2.05) is 0 Å². The van der Waals surface area contributed by atoms with Crippen molar-refractivity contribution in [3.63, 3.8) is 0 Å². The SMILES string of the molecule is C[Si](C)(C)/C(F)=C/c1c(F)c(F)c(F)c(F)c1F. The highest BCUT2D eigenvalue weighted by Gasteiger charge is 2.27. The maximum atomic E-state index is 13.6. The van der Waals surface area contributed by atoms with E-state index < -0.39 is 48.2 Å². The number of hydrogen-bond donors (Lipinski definition) is 0. The van der Waals surface area contributed by atoms with Gasteiger partial charge in [-0.25, -0.2) is 26.3 Å². The van der Waals surface area contributed by atoms with Gasteiger partial charge in [-0.2, -0.15) is 0 Å². The summed E-state index contributed by atoms with van der Waals surface area (Å²) in [4.78, 5) is 0. The first kappa shape index (κ1) is 14.8. The van der Waals surface area contributed by atoms with Crippen molar-refractivity contribution in [3.05, 3.63) is 40.1 Å². The van der Waals surface area contributed by atoms with Crippen molar-refractivity contribution in [2.45, 2.75) is 19.6 Å². The highest BCUT2D eigenvalue weighted by Crippen LogP contribution is 2.27. The van der Waals surface area contributed by atoms with Crippen LogP contribution in [0.4, 0.5) is 26.3 Å². The summed E-state index contributed by atoms with van der Waals surface area (Å²) in [5, 5.41) is 0. The van der Waals surface area contributed by atoms with E-state index in [9.17, 15) is 26.3 Å². The van der Waals surface area contributed by atoms with Gasteiger partial charge in [0.1, 0.15) is 8.07 Å². The molecule has 0 saturated carbocycles. The molecule has 0 nitrogen and oxygen atoms in total. The van der Waals surface area contributed by atoms with Crippen molar-refractivity contribution in [3.8, 4) is 0 Å². The monoisotopic (exact) mass is 284 g/mol. The second-order valence-corrected chi connectivity index (χ2v) is 9.70. The predicted molar refractivity (Wildman–Crippen MR) is 58.7 cm³/mol. The molecule has 100 valence electrons. The molecule has 0 saturated heterocycles. The van der Waals surface area contributed by atoms with Gasteiger partial charge in [0.15, 0.2) is 23.3 Å². The van der Waals surface area contributed by atoms with Crippen LogP contribution in [0.5, 0.6) is 0 Å². The molecule has 0 aromatic heterocycles. The van der Waals surface area contributed by atoms with Gasteiger partial charge in [0.2, 0.25) is 5.82 Å². The molecule has 0 fully saturated rings. The maximum Gasteiger partial charge on any atom is 0.200 e.